The number of benzene rings is 1. The van der Waals surface area contributed by atoms with E-state index in [9.17, 15) is 4.79 Å². The van der Waals surface area contributed by atoms with Crippen molar-refractivity contribution in [1.29, 1.82) is 0 Å². The Morgan fingerprint density at radius 3 is 2.85 bits per heavy atom. The summed E-state index contributed by atoms with van der Waals surface area (Å²) in [5, 5.41) is 12.9. The summed E-state index contributed by atoms with van der Waals surface area (Å²) in [5.74, 6) is 0.320. The van der Waals surface area contributed by atoms with Gasteiger partial charge in [-0.15, -0.1) is 0 Å². The van der Waals surface area contributed by atoms with Crippen molar-refractivity contribution in [1.82, 2.24) is 10.1 Å². The predicted octanol–water partition coefficient (Wildman–Crippen LogP) is 3.07. The highest BCUT2D eigenvalue weighted by molar-refractivity contribution is 14.1. The van der Waals surface area contributed by atoms with E-state index in [0.717, 1.165) is 3.57 Å². The zero-order chi connectivity index (χ0) is 14.7. The van der Waals surface area contributed by atoms with Gasteiger partial charge in [0, 0.05) is 9.49 Å². The second kappa shape index (κ2) is 6.21. The number of hydrogen-bond acceptors (Lipinski definition) is 5. The van der Waals surface area contributed by atoms with Gasteiger partial charge in [0.15, 0.2) is 6.61 Å². The van der Waals surface area contributed by atoms with Crippen LogP contribution in [0.4, 0.5) is 0 Å². The zero-order valence-corrected chi connectivity index (χ0v) is 13.1. The monoisotopic (exact) mass is 388 g/mol. The van der Waals surface area contributed by atoms with E-state index >= 15 is 0 Å². The van der Waals surface area contributed by atoms with E-state index in [0.29, 0.717) is 11.7 Å². The number of aromatic carboxylic acids is 1. The van der Waals surface area contributed by atoms with Gasteiger partial charge in [0.1, 0.15) is 11.3 Å². The Bertz CT molecular complexity index is 625. The lowest BCUT2D eigenvalue weighted by atomic mass is 10.2. The lowest BCUT2D eigenvalue weighted by Crippen LogP contribution is -2.05. The minimum atomic E-state index is -1.03. The van der Waals surface area contributed by atoms with Crippen LogP contribution < -0.4 is 4.74 Å². The number of halogens is 1. The first-order valence-corrected chi connectivity index (χ1v) is 7.03. The molecule has 0 atom stereocenters. The molecule has 0 aliphatic heterocycles. The van der Waals surface area contributed by atoms with Crippen LogP contribution in [0, 0.1) is 3.57 Å². The summed E-state index contributed by atoms with van der Waals surface area (Å²) in [6.45, 7) is 3.96. The molecule has 0 aliphatic carbocycles. The summed E-state index contributed by atoms with van der Waals surface area (Å²) in [4.78, 5) is 15.3. The van der Waals surface area contributed by atoms with Gasteiger partial charge in [-0.05, 0) is 40.8 Å². The molecule has 0 saturated heterocycles. The SMILES string of the molecule is CC(C)c1nc(COc2ccc(I)cc2C(=O)O)no1. The van der Waals surface area contributed by atoms with Crippen molar-refractivity contribution in [2.45, 2.75) is 26.4 Å². The third-order valence-corrected chi connectivity index (χ3v) is 3.18. The van der Waals surface area contributed by atoms with Crippen molar-refractivity contribution in [2.24, 2.45) is 0 Å². The van der Waals surface area contributed by atoms with E-state index in [2.05, 4.69) is 10.1 Å². The molecule has 0 saturated carbocycles. The van der Waals surface area contributed by atoms with E-state index in [1.807, 2.05) is 36.4 Å². The van der Waals surface area contributed by atoms with Gasteiger partial charge < -0.3 is 14.4 Å². The van der Waals surface area contributed by atoms with Crippen LogP contribution >= 0.6 is 22.6 Å². The molecule has 1 N–H and O–H groups in total. The molecule has 2 rings (SSSR count). The largest absolute Gasteiger partial charge is 0.485 e. The van der Waals surface area contributed by atoms with Gasteiger partial charge in [-0.25, -0.2) is 4.79 Å². The number of aromatic nitrogens is 2. The van der Waals surface area contributed by atoms with Crippen LogP contribution in [0.25, 0.3) is 0 Å². The minimum absolute atomic E-state index is 0.0666. The van der Waals surface area contributed by atoms with Gasteiger partial charge in [0.2, 0.25) is 11.7 Å². The van der Waals surface area contributed by atoms with Crippen molar-refractivity contribution in [2.75, 3.05) is 0 Å². The molecule has 6 nitrogen and oxygen atoms in total. The van der Waals surface area contributed by atoms with Crippen molar-refractivity contribution >= 4 is 28.6 Å². The average Bonchev–Trinajstić information content (AvgIpc) is 2.86. The van der Waals surface area contributed by atoms with Gasteiger partial charge in [0.25, 0.3) is 0 Å². The lowest BCUT2D eigenvalue weighted by molar-refractivity contribution is 0.0691. The molecule has 0 fully saturated rings. The second-order valence-corrected chi connectivity index (χ2v) is 5.68. The van der Waals surface area contributed by atoms with Gasteiger partial charge in [-0.1, -0.05) is 19.0 Å². The number of ether oxygens (including phenoxy) is 1. The normalized spacial score (nSPS) is 10.8. The molecule has 0 amide bonds. The fourth-order valence-electron chi connectivity index (χ4n) is 1.50. The van der Waals surface area contributed by atoms with Crippen molar-refractivity contribution in [3.05, 3.63) is 39.0 Å². The molecule has 2 aromatic rings. The molecular weight excluding hydrogens is 375 g/mol. The molecule has 0 radical (unpaired) electrons. The lowest BCUT2D eigenvalue weighted by Gasteiger charge is -2.07. The number of carboxylic acid groups (broad SMARTS) is 1. The third-order valence-electron chi connectivity index (χ3n) is 2.51. The highest BCUT2D eigenvalue weighted by Crippen LogP contribution is 2.22. The van der Waals surface area contributed by atoms with Crippen LogP contribution in [-0.4, -0.2) is 21.2 Å². The van der Waals surface area contributed by atoms with Crippen LogP contribution in [0.3, 0.4) is 0 Å². The smallest absolute Gasteiger partial charge is 0.339 e. The zero-order valence-electron chi connectivity index (χ0n) is 11.0. The van der Waals surface area contributed by atoms with Crippen molar-refractivity contribution in [3.8, 4) is 5.75 Å². The topological polar surface area (TPSA) is 85.5 Å². The van der Waals surface area contributed by atoms with Crippen molar-refractivity contribution in [3.63, 3.8) is 0 Å². The maximum absolute atomic E-state index is 11.1. The fourth-order valence-corrected chi connectivity index (χ4v) is 1.99. The van der Waals surface area contributed by atoms with Crippen LogP contribution in [0.15, 0.2) is 22.7 Å². The third kappa shape index (κ3) is 3.47. The molecule has 106 valence electrons. The second-order valence-electron chi connectivity index (χ2n) is 4.44. The number of hydrogen-bond donors (Lipinski definition) is 1. The highest BCUT2D eigenvalue weighted by atomic mass is 127. The molecule has 1 heterocycles. The Balaban J connectivity index is 2.12. The molecular formula is C13H13IN2O4. The highest BCUT2D eigenvalue weighted by Gasteiger charge is 2.14. The quantitative estimate of drug-likeness (QED) is 0.793. The van der Waals surface area contributed by atoms with E-state index in [1.165, 1.54) is 0 Å². The number of carbonyl (C=O) groups is 1. The molecule has 0 unspecified atom stereocenters. The summed E-state index contributed by atoms with van der Waals surface area (Å²) in [6.07, 6.45) is 0. The molecule has 20 heavy (non-hydrogen) atoms. The van der Waals surface area contributed by atoms with Crippen LogP contribution in [0.5, 0.6) is 5.75 Å². The first kappa shape index (κ1) is 14.8. The first-order chi connectivity index (χ1) is 9.47. The number of nitrogens with zero attached hydrogens (tertiary/aromatic N) is 2. The summed E-state index contributed by atoms with van der Waals surface area (Å²) in [5.41, 5.74) is 0.115. The van der Waals surface area contributed by atoms with E-state index in [4.69, 9.17) is 14.4 Å². The van der Waals surface area contributed by atoms with Crippen LogP contribution in [-0.2, 0) is 6.61 Å². The maximum atomic E-state index is 11.1. The molecule has 1 aromatic heterocycles. The minimum Gasteiger partial charge on any atom is -0.485 e. The summed E-state index contributed by atoms with van der Waals surface area (Å²) in [7, 11) is 0. The summed E-state index contributed by atoms with van der Waals surface area (Å²) in [6, 6.07) is 4.95. The predicted molar refractivity (Wildman–Crippen MR) is 78.8 cm³/mol. The van der Waals surface area contributed by atoms with Gasteiger partial charge >= 0.3 is 5.97 Å². The standard InChI is InChI=1S/C13H13IN2O4/c1-7(2)12-15-11(16-20-12)6-19-10-4-3-8(14)5-9(10)13(17)18/h3-5,7H,6H2,1-2H3,(H,17,18). The molecule has 0 bridgehead atoms. The van der Waals surface area contributed by atoms with Crippen LogP contribution in [0.2, 0.25) is 0 Å². The van der Waals surface area contributed by atoms with E-state index < -0.39 is 5.97 Å². The average molecular weight is 388 g/mol. The molecule has 0 aliphatic rings. The van der Waals surface area contributed by atoms with Gasteiger partial charge in [-0.2, -0.15) is 4.98 Å². The molecule has 1 aromatic carbocycles. The van der Waals surface area contributed by atoms with E-state index in [1.54, 1.807) is 18.2 Å². The fraction of sp³-hybridized carbons (Fsp3) is 0.308. The van der Waals surface area contributed by atoms with E-state index in [-0.39, 0.29) is 23.8 Å². The maximum Gasteiger partial charge on any atom is 0.339 e. The Kier molecular flexibility index (Phi) is 4.58. The van der Waals surface area contributed by atoms with Gasteiger partial charge in [-0.3, -0.25) is 0 Å². The first-order valence-electron chi connectivity index (χ1n) is 5.95. The molecule has 7 heteroatoms. The summed E-state index contributed by atoms with van der Waals surface area (Å²) < 4.78 is 11.3. The summed E-state index contributed by atoms with van der Waals surface area (Å²) >= 11 is 2.05. The van der Waals surface area contributed by atoms with Gasteiger partial charge in [0.05, 0.1) is 0 Å². The Hall–Kier alpha value is -1.64. The Morgan fingerprint density at radius 1 is 1.50 bits per heavy atom. The number of carboxylic acids is 1. The van der Waals surface area contributed by atoms with Crippen molar-refractivity contribution < 1.29 is 19.2 Å². The Labute approximate surface area is 129 Å². The Morgan fingerprint density at radius 2 is 2.25 bits per heavy atom. The number of rotatable bonds is 5. The molecule has 0 spiro atoms. The van der Waals surface area contributed by atoms with Crippen LogP contribution in [0.1, 0.15) is 41.8 Å².